The topological polar surface area (TPSA) is 33.2 Å². The monoisotopic (exact) mass is 244 g/mol. The number of benzene rings is 1. The average Bonchev–Trinajstić information content (AvgIpc) is 2.95. The Hall–Kier alpha value is -1.68. The van der Waals surface area contributed by atoms with Crippen molar-refractivity contribution in [2.45, 2.75) is 20.0 Å². The summed E-state index contributed by atoms with van der Waals surface area (Å²) in [4.78, 5) is 17.8. The van der Waals surface area contributed by atoms with Crippen LogP contribution in [0.2, 0.25) is 0 Å². The second-order valence-electron chi connectivity index (χ2n) is 4.20. The number of Topliss-reactive ketones (excluding diaryl/α,β-unsaturated/α-hetero) is 1. The molecule has 0 fully saturated rings. The number of anilines is 1. The van der Waals surface area contributed by atoms with Crippen molar-refractivity contribution in [3.63, 3.8) is 0 Å². The molecule has 3 rings (SSSR count). The van der Waals surface area contributed by atoms with Crippen molar-refractivity contribution in [1.29, 1.82) is 0 Å². The van der Waals surface area contributed by atoms with E-state index in [4.69, 9.17) is 0 Å². The summed E-state index contributed by atoms with van der Waals surface area (Å²) in [6.45, 7) is 3.33. The molecule has 2 aromatic rings. The zero-order valence-corrected chi connectivity index (χ0v) is 10.3. The van der Waals surface area contributed by atoms with Gasteiger partial charge in [0, 0.05) is 25.4 Å². The zero-order chi connectivity index (χ0) is 11.8. The highest BCUT2D eigenvalue weighted by Gasteiger charge is 2.21. The van der Waals surface area contributed by atoms with Gasteiger partial charge in [0.15, 0.2) is 10.9 Å². The number of hydrogen-bond donors (Lipinski definition) is 0. The van der Waals surface area contributed by atoms with Crippen LogP contribution in [0.15, 0.2) is 29.6 Å². The van der Waals surface area contributed by atoms with Crippen molar-refractivity contribution in [3.8, 4) is 0 Å². The first-order valence-corrected chi connectivity index (χ1v) is 6.40. The van der Waals surface area contributed by atoms with Gasteiger partial charge in [-0.2, -0.15) is 0 Å². The Morgan fingerprint density at radius 3 is 2.47 bits per heavy atom. The summed E-state index contributed by atoms with van der Waals surface area (Å²) in [5, 5.41) is 2.77. The number of aromatic nitrogens is 1. The van der Waals surface area contributed by atoms with Gasteiger partial charge in [0.05, 0.1) is 0 Å². The Morgan fingerprint density at radius 1 is 1.29 bits per heavy atom. The molecule has 0 unspecified atom stereocenters. The van der Waals surface area contributed by atoms with E-state index in [2.05, 4.69) is 34.1 Å². The van der Waals surface area contributed by atoms with E-state index in [9.17, 15) is 4.79 Å². The third kappa shape index (κ3) is 1.85. The van der Waals surface area contributed by atoms with Gasteiger partial charge in [-0.1, -0.05) is 24.3 Å². The molecule has 0 aliphatic carbocycles. The molecule has 0 radical (unpaired) electrons. The fraction of sp³-hybridized carbons (Fsp3) is 0.231. The van der Waals surface area contributed by atoms with Crippen molar-refractivity contribution < 1.29 is 4.79 Å². The van der Waals surface area contributed by atoms with Crippen molar-refractivity contribution >= 4 is 22.3 Å². The normalized spacial score (nSPS) is 13.8. The minimum Gasteiger partial charge on any atom is -0.339 e. The molecule has 3 nitrogen and oxygen atoms in total. The van der Waals surface area contributed by atoms with Gasteiger partial charge in [0.25, 0.3) is 0 Å². The van der Waals surface area contributed by atoms with Gasteiger partial charge < -0.3 is 4.90 Å². The molecule has 1 aliphatic heterocycles. The maximum absolute atomic E-state index is 11.2. The Balaban J connectivity index is 1.86. The molecule has 4 heteroatoms. The molecule has 0 amide bonds. The van der Waals surface area contributed by atoms with E-state index in [1.165, 1.54) is 22.5 Å². The molecule has 17 heavy (non-hydrogen) atoms. The molecule has 1 aliphatic rings. The van der Waals surface area contributed by atoms with Crippen LogP contribution in [0.25, 0.3) is 0 Å². The Bertz CT molecular complexity index is 551. The van der Waals surface area contributed by atoms with Gasteiger partial charge in [0.2, 0.25) is 0 Å². The van der Waals surface area contributed by atoms with E-state index in [1.807, 2.05) is 5.38 Å². The van der Waals surface area contributed by atoms with Crippen LogP contribution in [0.4, 0.5) is 5.13 Å². The Labute approximate surface area is 104 Å². The van der Waals surface area contributed by atoms with Crippen LogP contribution < -0.4 is 4.90 Å². The summed E-state index contributed by atoms with van der Waals surface area (Å²) in [6.07, 6.45) is 0. The number of nitrogens with zero attached hydrogens (tertiary/aromatic N) is 2. The molecule has 0 saturated heterocycles. The lowest BCUT2D eigenvalue weighted by Gasteiger charge is -2.12. The third-order valence-corrected chi connectivity index (χ3v) is 3.87. The molecule has 1 aromatic carbocycles. The lowest BCUT2D eigenvalue weighted by molar-refractivity contribution is 0.101. The Morgan fingerprint density at radius 2 is 1.94 bits per heavy atom. The first-order chi connectivity index (χ1) is 8.24. The summed E-state index contributed by atoms with van der Waals surface area (Å²) < 4.78 is 0. The lowest BCUT2D eigenvalue weighted by atomic mass is 10.1. The molecule has 0 saturated carbocycles. The van der Waals surface area contributed by atoms with Gasteiger partial charge in [-0.25, -0.2) is 4.98 Å². The van der Waals surface area contributed by atoms with Gasteiger partial charge in [-0.3, -0.25) is 4.79 Å². The van der Waals surface area contributed by atoms with Gasteiger partial charge in [-0.15, -0.1) is 11.3 Å². The summed E-state index contributed by atoms with van der Waals surface area (Å²) in [7, 11) is 0. The van der Waals surface area contributed by atoms with Crippen LogP contribution in [0.3, 0.4) is 0 Å². The van der Waals surface area contributed by atoms with Crippen LogP contribution in [-0.4, -0.2) is 10.8 Å². The van der Waals surface area contributed by atoms with Gasteiger partial charge in [-0.05, 0) is 11.1 Å². The molecule has 0 N–H and O–H groups in total. The molecule has 1 aromatic heterocycles. The predicted octanol–water partition coefficient (Wildman–Crippen LogP) is 2.87. The van der Waals surface area contributed by atoms with Gasteiger partial charge >= 0.3 is 0 Å². The highest BCUT2D eigenvalue weighted by atomic mass is 32.1. The fourth-order valence-electron chi connectivity index (χ4n) is 2.04. The maximum Gasteiger partial charge on any atom is 0.186 e. The van der Waals surface area contributed by atoms with Crippen LogP contribution in [0, 0.1) is 0 Å². The SMILES string of the molecule is CC(=O)c1csc(N2Cc3ccccc3C2)n1. The average molecular weight is 244 g/mol. The van der Waals surface area contributed by atoms with Crippen molar-refractivity contribution in [2.24, 2.45) is 0 Å². The standard InChI is InChI=1S/C13H12N2OS/c1-9(16)12-8-17-13(14-12)15-6-10-4-2-3-5-11(10)7-15/h2-5,8H,6-7H2,1H3. The molecule has 0 bridgehead atoms. The van der Waals surface area contributed by atoms with E-state index < -0.39 is 0 Å². The lowest BCUT2D eigenvalue weighted by Crippen LogP contribution is -2.14. The Kier molecular flexibility index (Phi) is 2.44. The summed E-state index contributed by atoms with van der Waals surface area (Å²) in [6, 6.07) is 8.42. The number of fused-ring (bicyclic) bond motifs is 1. The molecule has 0 spiro atoms. The number of ketones is 1. The van der Waals surface area contributed by atoms with Crippen LogP contribution in [0.5, 0.6) is 0 Å². The van der Waals surface area contributed by atoms with E-state index in [0.717, 1.165) is 18.2 Å². The summed E-state index contributed by atoms with van der Waals surface area (Å²) in [5.74, 6) is 0.0317. The van der Waals surface area contributed by atoms with Crippen molar-refractivity contribution in [1.82, 2.24) is 4.98 Å². The second kappa shape index (κ2) is 3.96. The van der Waals surface area contributed by atoms with E-state index in [0.29, 0.717) is 5.69 Å². The molecule has 86 valence electrons. The third-order valence-electron chi connectivity index (χ3n) is 2.96. The summed E-state index contributed by atoms with van der Waals surface area (Å²) in [5.41, 5.74) is 3.28. The molecular weight excluding hydrogens is 232 g/mol. The largest absolute Gasteiger partial charge is 0.339 e. The highest BCUT2D eigenvalue weighted by Crippen LogP contribution is 2.30. The van der Waals surface area contributed by atoms with Crippen LogP contribution >= 0.6 is 11.3 Å². The van der Waals surface area contributed by atoms with Crippen molar-refractivity contribution in [3.05, 3.63) is 46.5 Å². The molecule has 2 heterocycles. The number of hydrogen-bond acceptors (Lipinski definition) is 4. The predicted molar refractivity (Wildman–Crippen MR) is 68.4 cm³/mol. The zero-order valence-electron chi connectivity index (χ0n) is 9.51. The minimum atomic E-state index is 0.0317. The quantitative estimate of drug-likeness (QED) is 0.762. The number of carbonyl (C=O) groups excluding carboxylic acids is 1. The smallest absolute Gasteiger partial charge is 0.186 e. The molecular formula is C13H12N2OS. The van der Waals surface area contributed by atoms with Crippen molar-refractivity contribution in [2.75, 3.05) is 4.90 Å². The molecule has 0 atom stereocenters. The van der Waals surface area contributed by atoms with Crippen LogP contribution in [-0.2, 0) is 13.1 Å². The number of carbonyl (C=O) groups is 1. The first kappa shape index (κ1) is 10.5. The van der Waals surface area contributed by atoms with E-state index >= 15 is 0 Å². The fourth-order valence-corrected chi connectivity index (χ4v) is 2.90. The minimum absolute atomic E-state index is 0.0317. The van der Waals surface area contributed by atoms with Crippen LogP contribution in [0.1, 0.15) is 28.5 Å². The number of thiazole rings is 1. The second-order valence-corrected chi connectivity index (χ2v) is 5.03. The van der Waals surface area contributed by atoms with E-state index in [-0.39, 0.29) is 5.78 Å². The first-order valence-electron chi connectivity index (χ1n) is 5.52. The highest BCUT2D eigenvalue weighted by molar-refractivity contribution is 7.13. The summed E-state index contributed by atoms with van der Waals surface area (Å²) >= 11 is 1.54. The maximum atomic E-state index is 11.2. The van der Waals surface area contributed by atoms with E-state index in [1.54, 1.807) is 6.92 Å². The number of rotatable bonds is 2. The van der Waals surface area contributed by atoms with Gasteiger partial charge in [0.1, 0.15) is 5.69 Å².